The third-order valence-corrected chi connectivity index (χ3v) is 4.32. The highest BCUT2D eigenvalue weighted by Gasteiger charge is 2.11. The van der Waals surface area contributed by atoms with Gasteiger partial charge in [0, 0.05) is 0 Å². The lowest BCUT2D eigenvalue weighted by molar-refractivity contribution is -0.139. The SMILES string of the molecule is COc1cc(/C=C(\C#N)c2nc3cc(C)c(C)cc3[nH]2)ccc1OCC(=O)O. The van der Waals surface area contributed by atoms with Gasteiger partial charge in [0.15, 0.2) is 18.1 Å². The van der Waals surface area contributed by atoms with E-state index in [0.717, 1.165) is 22.2 Å². The summed E-state index contributed by atoms with van der Waals surface area (Å²) in [5.74, 6) is 0.0965. The van der Waals surface area contributed by atoms with Crippen molar-refractivity contribution in [2.24, 2.45) is 0 Å². The molecule has 0 atom stereocenters. The fourth-order valence-electron chi connectivity index (χ4n) is 2.75. The van der Waals surface area contributed by atoms with Gasteiger partial charge < -0.3 is 19.6 Å². The second kappa shape index (κ2) is 7.84. The predicted octanol–water partition coefficient (Wildman–Crippen LogP) is 3.72. The van der Waals surface area contributed by atoms with Gasteiger partial charge >= 0.3 is 5.97 Å². The normalized spacial score (nSPS) is 11.3. The van der Waals surface area contributed by atoms with E-state index in [1.54, 1.807) is 24.3 Å². The van der Waals surface area contributed by atoms with Crippen LogP contribution in [0.2, 0.25) is 0 Å². The molecular weight excluding hydrogens is 358 g/mol. The molecule has 0 unspecified atom stereocenters. The Morgan fingerprint density at radius 1 is 1.25 bits per heavy atom. The minimum Gasteiger partial charge on any atom is -0.493 e. The summed E-state index contributed by atoms with van der Waals surface area (Å²) in [6, 6.07) is 11.2. The van der Waals surface area contributed by atoms with Gasteiger partial charge in [0.25, 0.3) is 0 Å². The number of imidazole rings is 1. The molecule has 7 heteroatoms. The molecule has 0 saturated carbocycles. The van der Waals surface area contributed by atoms with E-state index in [1.807, 2.05) is 26.0 Å². The van der Waals surface area contributed by atoms with Gasteiger partial charge in [-0.2, -0.15) is 5.26 Å². The molecule has 0 aliphatic heterocycles. The van der Waals surface area contributed by atoms with Gasteiger partial charge in [0.1, 0.15) is 11.9 Å². The number of nitrogens with zero attached hydrogens (tertiary/aromatic N) is 2. The first kappa shape index (κ1) is 19.0. The number of hydrogen-bond acceptors (Lipinski definition) is 5. The summed E-state index contributed by atoms with van der Waals surface area (Å²) in [6.45, 7) is 3.58. The number of allylic oxidation sites excluding steroid dienone is 1. The number of hydrogen-bond donors (Lipinski definition) is 2. The number of ether oxygens (including phenoxy) is 2. The van der Waals surface area contributed by atoms with Crippen LogP contribution in [0.3, 0.4) is 0 Å². The first-order valence-electron chi connectivity index (χ1n) is 8.53. The first-order valence-corrected chi connectivity index (χ1v) is 8.53. The third kappa shape index (κ3) is 3.96. The molecule has 0 radical (unpaired) electrons. The van der Waals surface area contributed by atoms with Crippen LogP contribution >= 0.6 is 0 Å². The number of fused-ring (bicyclic) bond motifs is 1. The van der Waals surface area contributed by atoms with Crippen LogP contribution in [0, 0.1) is 25.2 Å². The Labute approximate surface area is 161 Å². The molecule has 0 fully saturated rings. The lowest BCUT2D eigenvalue weighted by atomic mass is 10.1. The number of aromatic nitrogens is 2. The Morgan fingerprint density at radius 2 is 2.00 bits per heavy atom. The van der Waals surface area contributed by atoms with E-state index in [0.29, 0.717) is 28.5 Å². The van der Waals surface area contributed by atoms with Crippen molar-refractivity contribution in [1.29, 1.82) is 5.26 Å². The van der Waals surface area contributed by atoms with Crippen LogP contribution in [0.4, 0.5) is 0 Å². The predicted molar refractivity (Wildman–Crippen MR) is 105 cm³/mol. The number of aryl methyl sites for hydroxylation is 2. The molecule has 0 amide bonds. The third-order valence-electron chi connectivity index (χ3n) is 4.32. The highest BCUT2D eigenvalue weighted by atomic mass is 16.5. The number of carboxylic acids is 1. The number of carboxylic acid groups (broad SMARTS) is 1. The molecule has 0 aliphatic rings. The van der Waals surface area contributed by atoms with Crippen molar-refractivity contribution < 1.29 is 19.4 Å². The number of aromatic amines is 1. The molecule has 0 spiro atoms. The van der Waals surface area contributed by atoms with Gasteiger partial charge in [0.2, 0.25) is 0 Å². The van der Waals surface area contributed by atoms with Gasteiger partial charge in [-0.3, -0.25) is 0 Å². The largest absolute Gasteiger partial charge is 0.493 e. The van der Waals surface area contributed by atoms with Gasteiger partial charge in [-0.1, -0.05) is 6.07 Å². The van der Waals surface area contributed by atoms with Crippen LogP contribution in [-0.2, 0) is 4.79 Å². The number of aliphatic carboxylic acids is 1. The van der Waals surface area contributed by atoms with E-state index < -0.39 is 12.6 Å². The van der Waals surface area contributed by atoms with Crippen molar-refractivity contribution in [2.45, 2.75) is 13.8 Å². The summed E-state index contributed by atoms with van der Waals surface area (Å²) in [4.78, 5) is 18.4. The zero-order valence-electron chi connectivity index (χ0n) is 15.7. The van der Waals surface area contributed by atoms with Gasteiger partial charge in [-0.25, -0.2) is 9.78 Å². The Morgan fingerprint density at radius 3 is 2.68 bits per heavy atom. The van der Waals surface area contributed by atoms with E-state index in [2.05, 4.69) is 16.0 Å². The molecule has 0 aliphatic carbocycles. The molecule has 3 aromatic rings. The summed E-state index contributed by atoms with van der Waals surface area (Å²) < 4.78 is 10.5. The molecule has 2 aromatic carbocycles. The minimum atomic E-state index is -1.08. The van der Waals surface area contributed by atoms with Crippen LogP contribution in [0.1, 0.15) is 22.5 Å². The number of H-pyrrole nitrogens is 1. The highest BCUT2D eigenvalue weighted by Crippen LogP contribution is 2.30. The fraction of sp³-hybridized carbons (Fsp3) is 0.190. The molecule has 0 saturated heterocycles. The zero-order chi connectivity index (χ0) is 20.3. The molecule has 3 rings (SSSR count). The second-order valence-electron chi connectivity index (χ2n) is 6.30. The Balaban J connectivity index is 1.96. The first-order chi connectivity index (χ1) is 13.4. The average Bonchev–Trinajstić information content (AvgIpc) is 3.07. The quantitative estimate of drug-likeness (QED) is 0.634. The van der Waals surface area contributed by atoms with E-state index >= 15 is 0 Å². The van der Waals surface area contributed by atoms with Crippen molar-refractivity contribution in [2.75, 3.05) is 13.7 Å². The van der Waals surface area contributed by atoms with E-state index in [4.69, 9.17) is 14.6 Å². The second-order valence-corrected chi connectivity index (χ2v) is 6.30. The van der Waals surface area contributed by atoms with Crippen molar-refractivity contribution in [1.82, 2.24) is 9.97 Å². The number of benzene rings is 2. The highest BCUT2D eigenvalue weighted by molar-refractivity contribution is 5.90. The van der Waals surface area contributed by atoms with Gasteiger partial charge in [0.05, 0.1) is 23.7 Å². The van der Waals surface area contributed by atoms with Crippen LogP contribution in [0.5, 0.6) is 11.5 Å². The van der Waals surface area contributed by atoms with Crippen LogP contribution < -0.4 is 9.47 Å². The van der Waals surface area contributed by atoms with Gasteiger partial charge in [-0.15, -0.1) is 0 Å². The van der Waals surface area contributed by atoms with Crippen molar-refractivity contribution in [3.05, 3.63) is 52.8 Å². The topological polar surface area (TPSA) is 108 Å². The molecule has 1 aromatic heterocycles. The number of carbonyl (C=O) groups is 1. The monoisotopic (exact) mass is 377 g/mol. The summed E-state index contributed by atoms with van der Waals surface area (Å²) in [7, 11) is 1.46. The number of nitriles is 1. The summed E-state index contributed by atoms with van der Waals surface area (Å²) >= 11 is 0. The Bertz CT molecular complexity index is 1080. The van der Waals surface area contributed by atoms with E-state index in [9.17, 15) is 10.1 Å². The van der Waals surface area contributed by atoms with Gasteiger partial charge in [-0.05, 0) is 60.9 Å². The summed E-state index contributed by atoms with van der Waals surface area (Å²) in [5, 5.41) is 18.3. The smallest absolute Gasteiger partial charge is 0.341 e. The maximum absolute atomic E-state index is 10.7. The van der Waals surface area contributed by atoms with Crippen molar-refractivity contribution >= 4 is 28.7 Å². The summed E-state index contributed by atoms with van der Waals surface area (Å²) in [6.07, 6.45) is 1.68. The molecule has 0 bridgehead atoms. The lowest BCUT2D eigenvalue weighted by Gasteiger charge is -2.09. The maximum Gasteiger partial charge on any atom is 0.341 e. The van der Waals surface area contributed by atoms with Crippen LogP contribution in [0.15, 0.2) is 30.3 Å². The zero-order valence-corrected chi connectivity index (χ0v) is 15.7. The number of nitrogens with one attached hydrogen (secondary N) is 1. The maximum atomic E-state index is 10.7. The number of methoxy groups -OCH3 is 1. The minimum absolute atomic E-state index is 0.315. The molecule has 142 valence electrons. The Kier molecular flexibility index (Phi) is 5.32. The van der Waals surface area contributed by atoms with Crippen LogP contribution in [-0.4, -0.2) is 34.8 Å². The van der Waals surface area contributed by atoms with Crippen molar-refractivity contribution in [3.8, 4) is 17.6 Å². The molecule has 1 heterocycles. The molecule has 28 heavy (non-hydrogen) atoms. The number of rotatable bonds is 6. The molecular formula is C21H19N3O4. The van der Waals surface area contributed by atoms with Crippen LogP contribution in [0.25, 0.3) is 22.7 Å². The van der Waals surface area contributed by atoms with E-state index in [-0.39, 0.29) is 0 Å². The van der Waals surface area contributed by atoms with Crippen molar-refractivity contribution in [3.63, 3.8) is 0 Å². The fourth-order valence-corrected chi connectivity index (χ4v) is 2.75. The average molecular weight is 377 g/mol. The Hall–Kier alpha value is -3.79. The molecule has 7 nitrogen and oxygen atoms in total. The summed E-state index contributed by atoms with van der Waals surface area (Å²) in [5.41, 5.74) is 5.02. The van der Waals surface area contributed by atoms with E-state index in [1.165, 1.54) is 7.11 Å². The standard InChI is InChI=1S/C21H19N3O4/c1-12-6-16-17(7-13(12)2)24-21(23-16)15(10-22)8-14-4-5-18(19(9-14)27-3)28-11-20(25)26/h4-9H,11H2,1-3H3,(H,23,24)(H,25,26)/b15-8+. The molecule has 2 N–H and O–H groups in total. The lowest BCUT2D eigenvalue weighted by Crippen LogP contribution is -2.10.